The molecule has 3 nitrogen and oxygen atoms in total. The molecular formula is C17H23N3. The number of hydrogen-bond donors (Lipinski definition) is 1. The normalized spacial score (nSPS) is 30.5. The third-order valence-electron chi connectivity index (χ3n) is 5.18. The minimum absolute atomic E-state index is 0.274. The molecule has 0 spiro atoms. The van der Waals surface area contributed by atoms with Gasteiger partial charge in [0.05, 0.1) is 6.07 Å². The van der Waals surface area contributed by atoms with Crippen LogP contribution in [0.1, 0.15) is 36.8 Å². The van der Waals surface area contributed by atoms with Crippen LogP contribution < -0.4 is 5.32 Å². The van der Waals surface area contributed by atoms with Gasteiger partial charge in [0.1, 0.15) is 5.54 Å². The van der Waals surface area contributed by atoms with Crippen LogP contribution in [-0.2, 0) is 13.0 Å². The molecule has 0 unspecified atom stereocenters. The molecule has 1 aromatic carbocycles. The molecule has 0 aromatic heterocycles. The molecule has 1 aliphatic carbocycles. The van der Waals surface area contributed by atoms with Crippen LogP contribution >= 0.6 is 0 Å². The average molecular weight is 269 g/mol. The fourth-order valence-corrected chi connectivity index (χ4v) is 3.71. The highest BCUT2D eigenvalue weighted by Crippen LogP contribution is 2.32. The van der Waals surface area contributed by atoms with Crippen molar-refractivity contribution in [3.63, 3.8) is 0 Å². The van der Waals surface area contributed by atoms with Crippen molar-refractivity contribution in [2.45, 2.75) is 50.2 Å². The smallest absolute Gasteiger partial charge is 0.106 e. The van der Waals surface area contributed by atoms with Crippen LogP contribution in [0.3, 0.4) is 0 Å². The van der Waals surface area contributed by atoms with E-state index in [1.807, 2.05) is 7.05 Å². The van der Waals surface area contributed by atoms with E-state index in [2.05, 4.69) is 40.6 Å². The van der Waals surface area contributed by atoms with Gasteiger partial charge in [-0.15, -0.1) is 0 Å². The summed E-state index contributed by atoms with van der Waals surface area (Å²) >= 11 is 0. The third-order valence-corrected chi connectivity index (χ3v) is 5.18. The molecule has 0 atom stereocenters. The summed E-state index contributed by atoms with van der Waals surface area (Å²) in [6.07, 6.45) is 5.39. The largest absolute Gasteiger partial charge is 0.302 e. The Morgan fingerprint density at radius 3 is 2.60 bits per heavy atom. The Balaban J connectivity index is 1.65. The van der Waals surface area contributed by atoms with Crippen LogP contribution in [-0.4, -0.2) is 30.1 Å². The lowest BCUT2D eigenvalue weighted by Gasteiger charge is -2.42. The first kappa shape index (κ1) is 13.6. The van der Waals surface area contributed by atoms with E-state index in [0.717, 1.165) is 32.2 Å². The van der Waals surface area contributed by atoms with Crippen molar-refractivity contribution < 1.29 is 0 Å². The van der Waals surface area contributed by atoms with Crippen molar-refractivity contribution in [1.29, 1.82) is 5.26 Å². The molecule has 0 bridgehead atoms. The first-order chi connectivity index (χ1) is 9.76. The molecule has 1 saturated carbocycles. The second-order valence-corrected chi connectivity index (χ2v) is 6.16. The fourth-order valence-electron chi connectivity index (χ4n) is 3.71. The molecule has 0 radical (unpaired) electrons. The molecule has 1 aromatic rings. The molecule has 1 heterocycles. The number of nitriles is 1. The number of rotatable bonds is 2. The van der Waals surface area contributed by atoms with Gasteiger partial charge in [0.25, 0.3) is 0 Å². The van der Waals surface area contributed by atoms with Crippen molar-refractivity contribution >= 4 is 0 Å². The van der Waals surface area contributed by atoms with Crippen molar-refractivity contribution in [2.75, 3.05) is 13.6 Å². The highest BCUT2D eigenvalue weighted by Gasteiger charge is 2.36. The number of benzene rings is 1. The van der Waals surface area contributed by atoms with E-state index in [-0.39, 0.29) is 5.54 Å². The molecule has 20 heavy (non-hydrogen) atoms. The van der Waals surface area contributed by atoms with Gasteiger partial charge in [0.15, 0.2) is 0 Å². The highest BCUT2D eigenvalue weighted by atomic mass is 15.2. The van der Waals surface area contributed by atoms with Gasteiger partial charge in [-0.05, 0) is 50.3 Å². The Labute approximate surface area is 121 Å². The molecule has 0 amide bonds. The summed E-state index contributed by atoms with van der Waals surface area (Å²) in [6.45, 7) is 2.25. The Morgan fingerprint density at radius 1 is 1.25 bits per heavy atom. The third kappa shape index (κ3) is 2.46. The first-order valence-corrected chi connectivity index (χ1v) is 7.67. The van der Waals surface area contributed by atoms with Crippen LogP contribution in [0.2, 0.25) is 0 Å². The number of fused-ring (bicyclic) bond motifs is 1. The second-order valence-electron chi connectivity index (χ2n) is 6.16. The lowest BCUT2D eigenvalue weighted by molar-refractivity contribution is 0.118. The molecule has 1 N–H and O–H groups in total. The summed E-state index contributed by atoms with van der Waals surface area (Å²) in [6, 6.07) is 11.9. The fraction of sp³-hybridized carbons (Fsp3) is 0.588. The summed E-state index contributed by atoms with van der Waals surface area (Å²) in [4.78, 5) is 2.62. The first-order valence-electron chi connectivity index (χ1n) is 7.67. The summed E-state index contributed by atoms with van der Waals surface area (Å²) in [5, 5.41) is 12.6. The number of nitrogens with one attached hydrogen (secondary N) is 1. The van der Waals surface area contributed by atoms with Gasteiger partial charge in [0, 0.05) is 19.1 Å². The van der Waals surface area contributed by atoms with Crippen molar-refractivity contribution in [3.05, 3.63) is 35.4 Å². The van der Waals surface area contributed by atoms with Gasteiger partial charge in [-0.25, -0.2) is 0 Å². The van der Waals surface area contributed by atoms with Crippen LogP contribution in [0.25, 0.3) is 0 Å². The zero-order valence-electron chi connectivity index (χ0n) is 12.2. The lowest BCUT2D eigenvalue weighted by Crippen LogP contribution is -2.50. The Kier molecular flexibility index (Phi) is 3.78. The van der Waals surface area contributed by atoms with Crippen LogP contribution in [0, 0.1) is 11.3 Å². The molecule has 3 rings (SSSR count). The van der Waals surface area contributed by atoms with Gasteiger partial charge < -0.3 is 5.32 Å². The summed E-state index contributed by atoms with van der Waals surface area (Å²) in [5.74, 6) is 0. The Morgan fingerprint density at radius 2 is 1.95 bits per heavy atom. The molecule has 3 heteroatoms. The maximum atomic E-state index is 9.34. The van der Waals surface area contributed by atoms with E-state index in [4.69, 9.17) is 0 Å². The van der Waals surface area contributed by atoms with Gasteiger partial charge in [0.2, 0.25) is 0 Å². The zero-order valence-corrected chi connectivity index (χ0v) is 12.2. The average Bonchev–Trinajstić information content (AvgIpc) is 2.54. The SMILES string of the molecule is CNC1(C#N)CCC(N2CCc3ccccc3C2)CC1. The van der Waals surface area contributed by atoms with Gasteiger partial charge in [-0.1, -0.05) is 24.3 Å². The Bertz CT molecular complexity index is 509. The van der Waals surface area contributed by atoms with E-state index in [1.54, 1.807) is 0 Å². The minimum atomic E-state index is -0.274. The quantitative estimate of drug-likeness (QED) is 0.896. The molecule has 0 saturated heterocycles. The maximum Gasteiger partial charge on any atom is 0.106 e. The Hall–Kier alpha value is -1.37. The highest BCUT2D eigenvalue weighted by molar-refractivity contribution is 5.29. The molecule has 2 aliphatic rings. The minimum Gasteiger partial charge on any atom is -0.302 e. The monoisotopic (exact) mass is 269 g/mol. The van der Waals surface area contributed by atoms with Crippen LogP contribution in [0.15, 0.2) is 24.3 Å². The lowest BCUT2D eigenvalue weighted by atomic mass is 9.79. The topological polar surface area (TPSA) is 39.1 Å². The van der Waals surface area contributed by atoms with E-state index < -0.39 is 0 Å². The summed E-state index contributed by atoms with van der Waals surface area (Å²) < 4.78 is 0. The predicted molar refractivity (Wildman–Crippen MR) is 80.2 cm³/mol. The number of hydrogen-bond acceptors (Lipinski definition) is 3. The standard InChI is InChI=1S/C17H23N3/c1-19-17(13-18)9-6-16(7-10-17)20-11-8-14-4-2-3-5-15(14)12-20/h2-5,16,19H,6-12H2,1H3. The molecule has 106 valence electrons. The van der Waals surface area contributed by atoms with Crippen LogP contribution in [0.5, 0.6) is 0 Å². The van der Waals surface area contributed by atoms with E-state index >= 15 is 0 Å². The van der Waals surface area contributed by atoms with Gasteiger partial charge in [-0.2, -0.15) is 5.26 Å². The van der Waals surface area contributed by atoms with E-state index in [0.29, 0.717) is 6.04 Å². The van der Waals surface area contributed by atoms with Gasteiger partial charge in [-0.3, -0.25) is 4.90 Å². The van der Waals surface area contributed by atoms with Crippen molar-refractivity contribution in [3.8, 4) is 6.07 Å². The van der Waals surface area contributed by atoms with Crippen molar-refractivity contribution in [2.24, 2.45) is 0 Å². The van der Waals surface area contributed by atoms with E-state index in [9.17, 15) is 5.26 Å². The van der Waals surface area contributed by atoms with E-state index in [1.165, 1.54) is 24.1 Å². The van der Waals surface area contributed by atoms with Crippen LogP contribution in [0.4, 0.5) is 0 Å². The molecule has 1 fully saturated rings. The molecular weight excluding hydrogens is 246 g/mol. The van der Waals surface area contributed by atoms with Crippen molar-refractivity contribution in [1.82, 2.24) is 10.2 Å². The zero-order chi connectivity index (χ0) is 14.0. The second kappa shape index (κ2) is 5.55. The number of nitrogens with zero attached hydrogens (tertiary/aromatic N) is 2. The maximum absolute atomic E-state index is 9.34. The molecule has 1 aliphatic heterocycles. The summed E-state index contributed by atoms with van der Waals surface area (Å²) in [5.41, 5.74) is 2.73. The summed E-state index contributed by atoms with van der Waals surface area (Å²) in [7, 11) is 1.92. The predicted octanol–water partition coefficient (Wildman–Crippen LogP) is 2.47. The van der Waals surface area contributed by atoms with Gasteiger partial charge >= 0.3 is 0 Å².